The van der Waals surface area contributed by atoms with Crippen LogP contribution in [0, 0.1) is 17.8 Å². The lowest BCUT2D eigenvalue weighted by molar-refractivity contribution is -0.315. The van der Waals surface area contributed by atoms with Crippen molar-refractivity contribution in [2.24, 2.45) is 22.7 Å². The molecule has 5 aliphatic rings. The highest BCUT2D eigenvalue weighted by Gasteiger charge is 2.59. The van der Waals surface area contributed by atoms with Crippen LogP contribution in [0.3, 0.4) is 0 Å². The van der Waals surface area contributed by atoms with Crippen LogP contribution in [0.15, 0.2) is 29.3 Å². The summed E-state index contributed by atoms with van der Waals surface area (Å²) in [5.74, 6) is -2.08. The molecular weight excluding hydrogens is 854 g/mol. The Hall–Kier alpha value is -3.29. The molecule has 2 N–H and O–H groups in total. The molecule has 5 aliphatic heterocycles. The number of aliphatic hydroxyl groups is 1. The first-order chi connectivity index (χ1) is 30.0. The molecule has 17 nitrogen and oxygen atoms in total. The number of rotatable bonds is 10. The van der Waals surface area contributed by atoms with Crippen LogP contribution < -0.4 is 5.32 Å². The van der Waals surface area contributed by atoms with E-state index in [4.69, 9.17) is 64.0 Å². The average Bonchev–Trinajstić information content (AvgIpc) is 3.71. The van der Waals surface area contributed by atoms with Crippen molar-refractivity contribution in [3.63, 3.8) is 0 Å². The van der Waals surface area contributed by atoms with Crippen molar-refractivity contribution in [2.45, 2.75) is 192 Å². The molecule has 6 rings (SSSR count). The molecule has 360 valence electrons. The first-order valence-electron chi connectivity index (χ1n) is 22.6. The van der Waals surface area contributed by atoms with Crippen molar-refractivity contribution in [1.82, 2.24) is 10.2 Å². The van der Waals surface area contributed by atoms with Gasteiger partial charge in [0.25, 0.3) is 0 Å². The minimum atomic E-state index is -1.39. The van der Waals surface area contributed by atoms with Gasteiger partial charge in [-0.3, -0.25) is 4.79 Å². The second-order valence-corrected chi connectivity index (χ2v) is 19.8. The Morgan fingerprint density at radius 1 is 1.00 bits per heavy atom. The van der Waals surface area contributed by atoms with Crippen LogP contribution in [0.1, 0.15) is 100 Å². The first-order valence-corrected chi connectivity index (χ1v) is 23.0. The van der Waals surface area contributed by atoms with Crippen molar-refractivity contribution in [3.8, 4) is 0 Å². The van der Waals surface area contributed by atoms with Crippen molar-refractivity contribution >= 4 is 35.7 Å². The van der Waals surface area contributed by atoms with E-state index in [1.54, 1.807) is 39.0 Å². The summed E-state index contributed by atoms with van der Waals surface area (Å²) in [5.41, 5.74) is -2.81. The standard InChI is InChI=1S/C46H70ClN3O14/c1-14-32-46(10)37(62-43(54)64-46)27(6)49-39-23(2)20-45(9,63-39)36(60-41-34(51)31(50(11)12)18-24(3)56-41)25(4)35(26(5)40(52)58-32)59-33-21-44(8,55-13)38(28(7)57-33)61-42(53)48-22-29-16-15-17-30(47)19-29/h15-17,19,23-28,31-38,41,51H,14,18,20-22H2,1-13H3,(H,48,53)/t23-,24-,25+,26-,27-,28+,31+,32-,33+,34-,35+,36-,37-,38+,41+,44-,45+,46+/m1/s1. The van der Waals surface area contributed by atoms with Gasteiger partial charge in [0.05, 0.1) is 30.3 Å². The molecule has 2 bridgehead atoms. The second kappa shape index (κ2) is 19.9. The molecule has 0 saturated carbocycles. The molecule has 5 heterocycles. The molecule has 18 heteroatoms. The van der Waals surface area contributed by atoms with E-state index in [9.17, 15) is 19.5 Å². The number of amides is 1. The zero-order valence-corrected chi connectivity index (χ0v) is 40.3. The maximum Gasteiger partial charge on any atom is 0.509 e. The number of aliphatic imine (C=N–C) groups is 1. The third-order valence-corrected chi connectivity index (χ3v) is 14.2. The van der Waals surface area contributed by atoms with Crippen LogP contribution >= 0.6 is 11.6 Å². The van der Waals surface area contributed by atoms with E-state index >= 15 is 0 Å². The number of fused-ring (bicyclic) bond motifs is 3. The number of likely N-dealkylation sites (N-methyl/N-ethyl adjacent to an activating group) is 1. The number of cyclic esters (lactones) is 1. The highest BCUT2D eigenvalue weighted by atomic mass is 35.5. The monoisotopic (exact) mass is 923 g/mol. The lowest BCUT2D eigenvalue weighted by Gasteiger charge is -2.49. The molecule has 1 aromatic carbocycles. The summed E-state index contributed by atoms with van der Waals surface area (Å²) in [6.45, 7) is 18.6. The normalized spacial score (nSPS) is 42.9. The Morgan fingerprint density at radius 2 is 1.72 bits per heavy atom. The molecule has 0 unspecified atom stereocenters. The number of carbonyl (C=O) groups excluding carboxylic acids is 3. The number of ether oxygens (including phenoxy) is 10. The molecule has 1 aromatic rings. The van der Waals surface area contributed by atoms with E-state index in [1.165, 1.54) is 7.11 Å². The van der Waals surface area contributed by atoms with Gasteiger partial charge < -0.3 is 62.7 Å². The molecule has 4 saturated heterocycles. The van der Waals surface area contributed by atoms with Crippen LogP contribution in [0.4, 0.5) is 9.59 Å². The number of carbonyl (C=O) groups is 3. The van der Waals surface area contributed by atoms with E-state index in [2.05, 4.69) is 5.32 Å². The Kier molecular flexibility index (Phi) is 15.6. The zero-order valence-electron chi connectivity index (χ0n) is 39.5. The molecular formula is C46H70ClN3O14. The Labute approximate surface area is 382 Å². The SMILES string of the molecule is CC[C@H]1OC(=O)[C@H](C)[C@@H](O[C@H]2C[C@@](C)(OC)[C@@H](OC(=O)NCc3cccc(Cl)c3)[C@H](C)O2)[C@H](C)[C@@H](O[C@@H]2O[C@H](C)C[C@H](N(C)C)[C@H]2O)[C@]2(C)C[C@@H](C)C(=N[C@H](C)[C@H]3OC(=O)O[C@]31C)O2. The number of esters is 1. The van der Waals surface area contributed by atoms with E-state index in [-0.39, 0.29) is 37.5 Å². The summed E-state index contributed by atoms with van der Waals surface area (Å²) < 4.78 is 63.6. The molecule has 64 heavy (non-hydrogen) atoms. The van der Waals surface area contributed by atoms with Crippen LogP contribution in [0.2, 0.25) is 5.02 Å². The number of hydrogen-bond donors (Lipinski definition) is 2. The van der Waals surface area contributed by atoms with E-state index in [0.29, 0.717) is 23.8 Å². The average molecular weight is 925 g/mol. The summed E-state index contributed by atoms with van der Waals surface area (Å²) in [7, 11) is 5.33. The predicted octanol–water partition coefficient (Wildman–Crippen LogP) is 6.18. The van der Waals surface area contributed by atoms with Gasteiger partial charge >= 0.3 is 18.2 Å². The largest absolute Gasteiger partial charge is 0.509 e. The maximum absolute atomic E-state index is 14.7. The number of methoxy groups -OCH3 is 1. The number of nitrogens with one attached hydrogen (secondary N) is 1. The first kappa shape index (κ1) is 50.1. The minimum Gasteiger partial charge on any atom is -0.472 e. The van der Waals surface area contributed by atoms with Crippen molar-refractivity contribution in [2.75, 3.05) is 21.2 Å². The van der Waals surface area contributed by atoms with Gasteiger partial charge in [-0.2, -0.15) is 0 Å². The van der Waals surface area contributed by atoms with E-state index < -0.39 is 108 Å². The summed E-state index contributed by atoms with van der Waals surface area (Å²) in [5, 5.41) is 15.1. The number of hydrogen-bond acceptors (Lipinski definition) is 16. The Bertz CT molecular complexity index is 1860. The van der Waals surface area contributed by atoms with Crippen LogP contribution in [0.25, 0.3) is 0 Å². The topological polar surface area (TPSA) is 191 Å². The third kappa shape index (κ3) is 10.5. The lowest BCUT2D eigenvalue weighted by Crippen LogP contribution is -2.61. The van der Waals surface area contributed by atoms with Gasteiger partial charge in [-0.15, -0.1) is 0 Å². The zero-order chi connectivity index (χ0) is 47.1. The summed E-state index contributed by atoms with van der Waals surface area (Å²) in [6.07, 6.45) is -8.86. The fraction of sp³-hybridized carbons (Fsp3) is 0.783. The Morgan fingerprint density at radius 3 is 2.38 bits per heavy atom. The van der Waals surface area contributed by atoms with Crippen LogP contribution in [0.5, 0.6) is 0 Å². The van der Waals surface area contributed by atoms with E-state index in [0.717, 1.165) is 5.56 Å². The van der Waals surface area contributed by atoms with Crippen molar-refractivity contribution < 1.29 is 66.9 Å². The van der Waals surface area contributed by atoms with Crippen LogP contribution in [-0.4, -0.2) is 146 Å². The highest BCUT2D eigenvalue weighted by molar-refractivity contribution is 6.30. The summed E-state index contributed by atoms with van der Waals surface area (Å²) >= 11 is 6.14. The van der Waals surface area contributed by atoms with Crippen LogP contribution in [-0.2, 0) is 58.7 Å². The van der Waals surface area contributed by atoms with Gasteiger partial charge in [0, 0.05) is 49.4 Å². The molecule has 0 spiro atoms. The van der Waals surface area contributed by atoms with E-state index in [1.807, 2.05) is 73.5 Å². The summed E-state index contributed by atoms with van der Waals surface area (Å²) in [6, 6.07) is 6.22. The molecule has 0 aromatic heterocycles. The van der Waals surface area contributed by atoms with Gasteiger partial charge in [-0.1, -0.05) is 44.5 Å². The Balaban J connectivity index is 1.36. The highest BCUT2D eigenvalue weighted by Crippen LogP contribution is 2.45. The molecule has 18 atom stereocenters. The molecule has 0 radical (unpaired) electrons. The minimum absolute atomic E-state index is 0.0905. The van der Waals surface area contributed by atoms with Gasteiger partial charge in [0.1, 0.15) is 29.5 Å². The predicted molar refractivity (Wildman–Crippen MR) is 234 cm³/mol. The van der Waals surface area contributed by atoms with Gasteiger partial charge in [0.2, 0.25) is 0 Å². The lowest BCUT2D eigenvalue weighted by atomic mass is 9.79. The fourth-order valence-electron chi connectivity index (χ4n) is 10.4. The number of halogens is 1. The molecule has 1 amide bonds. The smallest absolute Gasteiger partial charge is 0.472 e. The molecule has 0 aliphatic carbocycles. The van der Waals surface area contributed by atoms with Gasteiger partial charge in [0.15, 0.2) is 36.3 Å². The number of alkyl carbamates (subject to hydrolysis) is 1. The summed E-state index contributed by atoms with van der Waals surface area (Å²) in [4.78, 5) is 47.6. The number of aliphatic hydroxyl groups excluding tert-OH is 1. The molecule has 4 fully saturated rings. The van der Waals surface area contributed by atoms with Gasteiger partial charge in [-0.05, 0) is 93.1 Å². The van der Waals surface area contributed by atoms with Crippen molar-refractivity contribution in [1.29, 1.82) is 0 Å². The van der Waals surface area contributed by atoms with Crippen molar-refractivity contribution in [3.05, 3.63) is 34.9 Å². The maximum atomic E-state index is 14.7. The second-order valence-electron chi connectivity index (χ2n) is 19.3. The van der Waals surface area contributed by atoms with Gasteiger partial charge in [-0.25, -0.2) is 14.6 Å². The number of nitrogens with zero attached hydrogens (tertiary/aromatic N) is 2. The number of benzene rings is 1. The quantitative estimate of drug-likeness (QED) is 0.200. The third-order valence-electron chi connectivity index (χ3n) is 13.9. The fourth-order valence-corrected chi connectivity index (χ4v) is 10.6.